The maximum absolute atomic E-state index is 12.0. The SMILES string of the molecule is CC(C)CCNS(=O)(=O)c1ccc(C#N)cc1N. The molecule has 0 aliphatic carbocycles. The Bertz CT molecular complexity index is 559. The Morgan fingerprint density at radius 2 is 2.11 bits per heavy atom. The number of nitrogens with zero attached hydrogens (tertiary/aromatic N) is 1. The lowest BCUT2D eigenvalue weighted by Gasteiger charge is -2.10. The third-order valence-corrected chi connectivity index (χ3v) is 3.98. The molecule has 0 saturated heterocycles. The molecule has 6 heteroatoms. The van der Waals surface area contributed by atoms with Gasteiger partial charge in [-0.15, -0.1) is 0 Å². The highest BCUT2D eigenvalue weighted by Crippen LogP contribution is 2.19. The molecule has 0 heterocycles. The number of nitrogens with two attached hydrogens (primary N) is 1. The van der Waals surface area contributed by atoms with Gasteiger partial charge in [-0.2, -0.15) is 5.26 Å². The Labute approximate surface area is 108 Å². The fraction of sp³-hybridized carbons (Fsp3) is 0.417. The Kier molecular flexibility index (Phi) is 4.70. The molecule has 5 nitrogen and oxygen atoms in total. The van der Waals surface area contributed by atoms with Crippen LogP contribution >= 0.6 is 0 Å². The van der Waals surface area contributed by atoms with Crippen molar-refractivity contribution in [1.82, 2.24) is 4.72 Å². The molecule has 0 unspecified atom stereocenters. The third-order valence-electron chi connectivity index (χ3n) is 2.44. The summed E-state index contributed by atoms with van der Waals surface area (Å²) in [6, 6.07) is 6.06. The average Bonchev–Trinajstić information content (AvgIpc) is 2.27. The van der Waals surface area contributed by atoms with Crippen LogP contribution in [-0.2, 0) is 10.0 Å². The molecule has 0 saturated carbocycles. The number of nitrogens with one attached hydrogen (secondary N) is 1. The topological polar surface area (TPSA) is 96.0 Å². The molecule has 1 rings (SSSR count). The first-order valence-electron chi connectivity index (χ1n) is 5.66. The summed E-state index contributed by atoms with van der Waals surface area (Å²) in [6.45, 7) is 4.41. The van der Waals surface area contributed by atoms with Gasteiger partial charge < -0.3 is 5.73 Å². The molecule has 0 fully saturated rings. The maximum Gasteiger partial charge on any atom is 0.242 e. The summed E-state index contributed by atoms with van der Waals surface area (Å²) in [5.74, 6) is 0.422. The van der Waals surface area contributed by atoms with Crippen LogP contribution in [-0.4, -0.2) is 15.0 Å². The minimum absolute atomic E-state index is 0.0188. The largest absolute Gasteiger partial charge is 0.398 e. The molecule has 0 spiro atoms. The minimum atomic E-state index is -3.60. The second-order valence-corrected chi connectivity index (χ2v) is 6.18. The monoisotopic (exact) mass is 267 g/mol. The van der Waals surface area contributed by atoms with Crippen LogP contribution in [0, 0.1) is 17.2 Å². The van der Waals surface area contributed by atoms with E-state index in [1.165, 1.54) is 18.2 Å². The molecular weight excluding hydrogens is 250 g/mol. The van der Waals surface area contributed by atoms with Gasteiger partial charge >= 0.3 is 0 Å². The van der Waals surface area contributed by atoms with E-state index in [9.17, 15) is 8.42 Å². The van der Waals surface area contributed by atoms with Crippen LogP contribution in [0.3, 0.4) is 0 Å². The normalized spacial score (nSPS) is 11.4. The van der Waals surface area contributed by atoms with Crippen molar-refractivity contribution in [3.05, 3.63) is 23.8 Å². The van der Waals surface area contributed by atoms with E-state index in [-0.39, 0.29) is 10.6 Å². The molecule has 18 heavy (non-hydrogen) atoms. The molecule has 0 aromatic heterocycles. The average molecular weight is 267 g/mol. The van der Waals surface area contributed by atoms with Gasteiger partial charge in [-0.1, -0.05) is 13.8 Å². The highest BCUT2D eigenvalue weighted by Gasteiger charge is 2.17. The second-order valence-electron chi connectivity index (χ2n) is 4.44. The van der Waals surface area contributed by atoms with E-state index in [0.717, 1.165) is 6.42 Å². The van der Waals surface area contributed by atoms with Gasteiger partial charge in [0.2, 0.25) is 10.0 Å². The first-order chi connectivity index (χ1) is 8.36. The number of nitriles is 1. The highest BCUT2D eigenvalue weighted by atomic mass is 32.2. The van der Waals surface area contributed by atoms with E-state index >= 15 is 0 Å². The summed E-state index contributed by atoms with van der Waals surface area (Å²) >= 11 is 0. The number of benzene rings is 1. The van der Waals surface area contributed by atoms with Crippen molar-refractivity contribution in [2.45, 2.75) is 25.2 Å². The molecule has 0 aliphatic heterocycles. The zero-order chi connectivity index (χ0) is 13.8. The molecule has 1 aromatic carbocycles. The second kappa shape index (κ2) is 5.85. The van der Waals surface area contributed by atoms with E-state index in [2.05, 4.69) is 4.72 Å². The Balaban J connectivity index is 2.89. The fourth-order valence-corrected chi connectivity index (χ4v) is 2.58. The van der Waals surface area contributed by atoms with Gasteiger partial charge in [0.05, 0.1) is 17.3 Å². The predicted octanol–water partition coefficient (Wildman–Crippen LogP) is 1.46. The Morgan fingerprint density at radius 3 is 2.61 bits per heavy atom. The van der Waals surface area contributed by atoms with Gasteiger partial charge in [0.1, 0.15) is 4.90 Å². The number of anilines is 1. The standard InChI is InChI=1S/C12H17N3O2S/c1-9(2)5-6-15-18(16,17)12-4-3-10(8-13)7-11(12)14/h3-4,7,9,15H,5-6,14H2,1-2H3. The summed E-state index contributed by atoms with van der Waals surface area (Å²) in [4.78, 5) is 0.0188. The first-order valence-corrected chi connectivity index (χ1v) is 7.14. The number of rotatable bonds is 5. The van der Waals surface area contributed by atoms with Gasteiger partial charge in [-0.05, 0) is 30.5 Å². The lowest BCUT2D eigenvalue weighted by atomic mass is 10.1. The molecule has 1 aromatic rings. The Hall–Kier alpha value is -1.58. The summed E-state index contributed by atoms with van der Waals surface area (Å²) in [6.07, 6.45) is 0.759. The summed E-state index contributed by atoms with van der Waals surface area (Å²) < 4.78 is 26.4. The van der Waals surface area contributed by atoms with Gasteiger partial charge in [-0.3, -0.25) is 0 Å². The van der Waals surface area contributed by atoms with Crippen LogP contribution in [0.4, 0.5) is 5.69 Å². The highest BCUT2D eigenvalue weighted by molar-refractivity contribution is 7.89. The number of sulfonamides is 1. The van der Waals surface area contributed by atoms with E-state index in [1.54, 1.807) is 0 Å². The summed E-state index contributed by atoms with van der Waals surface area (Å²) in [5.41, 5.74) is 6.07. The van der Waals surface area contributed by atoms with Crippen LogP contribution in [0.2, 0.25) is 0 Å². The van der Waals surface area contributed by atoms with Gasteiger partial charge in [0, 0.05) is 6.54 Å². The van der Waals surface area contributed by atoms with Crippen molar-refractivity contribution in [2.75, 3.05) is 12.3 Å². The van der Waals surface area contributed by atoms with Gasteiger partial charge in [0.25, 0.3) is 0 Å². The van der Waals surface area contributed by atoms with Crippen LogP contribution < -0.4 is 10.5 Å². The van der Waals surface area contributed by atoms with E-state index in [4.69, 9.17) is 11.0 Å². The summed E-state index contributed by atoms with van der Waals surface area (Å²) in [7, 11) is -3.60. The zero-order valence-electron chi connectivity index (χ0n) is 10.5. The quantitative estimate of drug-likeness (QED) is 0.789. The lowest BCUT2D eigenvalue weighted by Crippen LogP contribution is -2.26. The van der Waals surface area contributed by atoms with Crippen molar-refractivity contribution in [1.29, 1.82) is 5.26 Å². The van der Waals surface area contributed by atoms with Gasteiger partial charge in [0.15, 0.2) is 0 Å². The maximum atomic E-state index is 12.0. The molecule has 98 valence electrons. The number of nitrogen functional groups attached to an aromatic ring is 1. The van der Waals surface area contributed by atoms with Crippen molar-refractivity contribution in [3.8, 4) is 6.07 Å². The zero-order valence-corrected chi connectivity index (χ0v) is 11.3. The van der Waals surface area contributed by atoms with Crippen molar-refractivity contribution in [2.24, 2.45) is 5.92 Å². The Morgan fingerprint density at radius 1 is 1.44 bits per heavy atom. The fourth-order valence-electron chi connectivity index (χ4n) is 1.42. The van der Waals surface area contributed by atoms with E-state index < -0.39 is 10.0 Å². The van der Waals surface area contributed by atoms with Crippen LogP contribution in [0.1, 0.15) is 25.8 Å². The lowest BCUT2D eigenvalue weighted by molar-refractivity contribution is 0.552. The summed E-state index contributed by atoms with van der Waals surface area (Å²) in [5, 5.41) is 8.69. The van der Waals surface area contributed by atoms with E-state index in [1.807, 2.05) is 19.9 Å². The third kappa shape index (κ3) is 3.72. The predicted molar refractivity (Wildman–Crippen MR) is 70.2 cm³/mol. The minimum Gasteiger partial charge on any atom is -0.398 e. The van der Waals surface area contributed by atoms with Gasteiger partial charge in [-0.25, -0.2) is 13.1 Å². The van der Waals surface area contributed by atoms with Crippen molar-refractivity contribution < 1.29 is 8.42 Å². The molecule has 0 radical (unpaired) electrons. The first kappa shape index (κ1) is 14.5. The smallest absolute Gasteiger partial charge is 0.242 e. The molecule has 0 bridgehead atoms. The van der Waals surface area contributed by atoms with Crippen LogP contribution in [0.15, 0.2) is 23.1 Å². The molecule has 0 amide bonds. The number of hydrogen-bond donors (Lipinski definition) is 2. The van der Waals surface area contributed by atoms with Crippen molar-refractivity contribution in [3.63, 3.8) is 0 Å². The number of hydrogen-bond acceptors (Lipinski definition) is 4. The van der Waals surface area contributed by atoms with E-state index in [0.29, 0.717) is 18.0 Å². The molecule has 0 atom stereocenters. The molecular formula is C12H17N3O2S. The van der Waals surface area contributed by atoms with Crippen molar-refractivity contribution >= 4 is 15.7 Å². The van der Waals surface area contributed by atoms with Crippen LogP contribution in [0.5, 0.6) is 0 Å². The molecule has 3 N–H and O–H groups in total. The van der Waals surface area contributed by atoms with Crippen LogP contribution in [0.25, 0.3) is 0 Å². The molecule has 0 aliphatic rings.